The van der Waals surface area contributed by atoms with Crippen molar-refractivity contribution in [2.24, 2.45) is 0 Å². The van der Waals surface area contributed by atoms with Gasteiger partial charge in [-0.25, -0.2) is 0 Å². The number of carbonyl (C=O) groups excluding carboxylic acids is 1. The van der Waals surface area contributed by atoms with Crippen molar-refractivity contribution >= 4 is 28.6 Å². The summed E-state index contributed by atoms with van der Waals surface area (Å²) in [7, 11) is 0. The normalized spacial score (nSPS) is 25.2. The quantitative estimate of drug-likeness (QED) is 0.878. The van der Waals surface area contributed by atoms with E-state index in [1.807, 2.05) is 36.0 Å². The molecule has 128 valence electrons. The maximum atomic E-state index is 12.7. The summed E-state index contributed by atoms with van der Waals surface area (Å²) in [5.41, 5.74) is 1.42. The first-order valence-corrected chi connectivity index (χ1v) is 9.56. The van der Waals surface area contributed by atoms with Crippen molar-refractivity contribution in [3.8, 4) is 0 Å². The van der Waals surface area contributed by atoms with E-state index in [0.29, 0.717) is 12.2 Å². The van der Waals surface area contributed by atoms with Gasteiger partial charge in [0, 0.05) is 36.3 Å². The lowest BCUT2D eigenvalue weighted by Crippen LogP contribution is -2.59. The smallest absolute Gasteiger partial charge is 0.272 e. The number of hydrogen-bond acceptors (Lipinski definition) is 5. The summed E-state index contributed by atoms with van der Waals surface area (Å²) in [6, 6.07) is 7.72. The maximum absolute atomic E-state index is 12.7. The van der Waals surface area contributed by atoms with Gasteiger partial charge in [0.25, 0.3) is 5.91 Å². The molecule has 24 heavy (non-hydrogen) atoms. The van der Waals surface area contributed by atoms with Crippen LogP contribution in [0.2, 0.25) is 0 Å². The van der Waals surface area contributed by atoms with Crippen LogP contribution in [0.4, 0.5) is 0 Å². The van der Waals surface area contributed by atoms with Gasteiger partial charge in [-0.3, -0.25) is 14.8 Å². The number of benzene rings is 1. The number of ether oxygens (including phenoxy) is 1. The van der Waals surface area contributed by atoms with Gasteiger partial charge in [0.1, 0.15) is 0 Å². The summed E-state index contributed by atoms with van der Waals surface area (Å²) >= 11 is 1.97. The van der Waals surface area contributed by atoms with E-state index in [9.17, 15) is 4.79 Å². The average molecular weight is 346 g/mol. The molecule has 0 aliphatic carbocycles. The molecule has 0 saturated carbocycles. The van der Waals surface area contributed by atoms with Crippen LogP contribution in [0.25, 0.3) is 10.9 Å². The summed E-state index contributed by atoms with van der Waals surface area (Å²) in [5, 5.41) is 11.1. The Bertz CT molecular complexity index is 720. The fraction of sp³-hybridized carbons (Fsp3) is 0.529. The number of amides is 1. The van der Waals surface area contributed by atoms with Gasteiger partial charge in [0.2, 0.25) is 0 Å². The van der Waals surface area contributed by atoms with Crippen LogP contribution in [0.3, 0.4) is 0 Å². The van der Waals surface area contributed by atoms with Crippen LogP contribution in [0.5, 0.6) is 0 Å². The molecule has 0 radical (unpaired) electrons. The van der Waals surface area contributed by atoms with Crippen molar-refractivity contribution < 1.29 is 9.53 Å². The molecule has 0 unspecified atom stereocenters. The second-order valence-corrected chi connectivity index (χ2v) is 7.53. The van der Waals surface area contributed by atoms with Crippen LogP contribution in [0.1, 0.15) is 16.9 Å². The molecule has 2 aliphatic rings. The zero-order valence-corrected chi connectivity index (χ0v) is 14.4. The van der Waals surface area contributed by atoms with E-state index < -0.39 is 0 Å². The molecule has 3 heterocycles. The Labute approximate surface area is 145 Å². The highest BCUT2D eigenvalue weighted by Gasteiger charge is 2.41. The fourth-order valence-corrected chi connectivity index (χ4v) is 5.08. The number of nitrogens with one attached hydrogen (secondary N) is 2. The Hall–Kier alpha value is -1.57. The first kappa shape index (κ1) is 15.9. The third-order valence-electron chi connectivity index (χ3n) is 5.03. The zero-order chi connectivity index (χ0) is 16.4. The van der Waals surface area contributed by atoms with Crippen LogP contribution < -0.4 is 5.32 Å². The maximum Gasteiger partial charge on any atom is 0.272 e. The number of H-pyrrole nitrogens is 1. The van der Waals surface area contributed by atoms with Crippen LogP contribution in [0, 0.1) is 0 Å². The van der Waals surface area contributed by atoms with E-state index in [0.717, 1.165) is 55.1 Å². The Morgan fingerprint density at radius 3 is 3.00 bits per heavy atom. The Morgan fingerprint density at radius 1 is 1.38 bits per heavy atom. The molecule has 1 aromatic heterocycles. The molecule has 4 rings (SSSR count). The Balaban J connectivity index is 1.48. The largest absolute Gasteiger partial charge is 0.379 e. The summed E-state index contributed by atoms with van der Waals surface area (Å²) < 4.78 is 5.49. The van der Waals surface area contributed by atoms with Crippen molar-refractivity contribution in [2.45, 2.75) is 12.0 Å². The van der Waals surface area contributed by atoms with E-state index in [-0.39, 0.29) is 11.4 Å². The van der Waals surface area contributed by atoms with E-state index in [1.165, 1.54) is 0 Å². The SMILES string of the molecule is O=C(NC[C@]1(N2CCOCC2)CCSC1)c1n[nH]c2ccccc12. The minimum Gasteiger partial charge on any atom is -0.379 e. The highest BCUT2D eigenvalue weighted by Crippen LogP contribution is 2.33. The topological polar surface area (TPSA) is 70.2 Å². The number of rotatable bonds is 4. The Morgan fingerprint density at radius 2 is 2.21 bits per heavy atom. The number of fused-ring (bicyclic) bond motifs is 1. The molecular weight excluding hydrogens is 324 g/mol. The molecule has 2 N–H and O–H groups in total. The number of nitrogens with zero attached hydrogens (tertiary/aromatic N) is 2. The highest BCUT2D eigenvalue weighted by atomic mass is 32.2. The number of hydrogen-bond donors (Lipinski definition) is 2. The Kier molecular flexibility index (Phi) is 4.47. The molecule has 1 atom stereocenters. The van der Waals surface area contributed by atoms with Crippen LogP contribution in [0.15, 0.2) is 24.3 Å². The van der Waals surface area contributed by atoms with Crippen molar-refractivity contribution in [3.05, 3.63) is 30.0 Å². The number of para-hydroxylation sites is 1. The molecule has 1 aromatic carbocycles. The van der Waals surface area contributed by atoms with Crippen molar-refractivity contribution in [1.82, 2.24) is 20.4 Å². The predicted molar refractivity (Wildman–Crippen MR) is 95.5 cm³/mol. The van der Waals surface area contributed by atoms with Crippen LogP contribution in [-0.2, 0) is 4.74 Å². The van der Waals surface area contributed by atoms with Gasteiger partial charge < -0.3 is 10.1 Å². The number of thioether (sulfide) groups is 1. The van der Waals surface area contributed by atoms with Gasteiger partial charge in [-0.1, -0.05) is 18.2 Å². The minimum atomic E-state index is -0.100. The first-order chi connectivity index (χ1) is 11.8. The molecule has 2 saturated heterocycles. The summed E-state index contributed by atoms with van der Waals surface area (Å²) in [4.78, 5) is 15.2. The number of carbonyl (C=O) groups is 1. The first-order valence-electron chi connectivity index (χ1n) is 8.40. The summed E-state index contributed by atoms with van der Waals surface area (Å²) in [6.45, 7) is 4.12. The lowest BCUT2D eigenvalue weighted by Gasteiger charge is -2.43. The molecule has 1 amide bonds. The van der Waals surface area contributed by atoms with Crippen molar-refractivity contribution in [1.29, 1.82) is 0 Å². The lowest BCUT2D eigenvalue weighted by atomic mass is 9.95. The molecule has 2 aliphatic heterocycles. The third kappa shape index (κ3) is 2.92. The molecule has 2 aromatic rings. The molecule has 2 fully saturated rings. The predicted octanol–water partition coefficient (Wildman–Crippen LogP) is 1.50. The molecule has 6 nitrogen and oxygen atoms in total. The van der Waals surface area contributed by atoms with Gasteiger partial charge >= 0.3 is 0 Å². The van der Waals surface area contributed by atoms with Crippen molar-refractivity contribution in [2.75, 3.05) is 44.4 Å². The number of aromatic nitrogens is 2. The van der Waals surface area contributed by atoms with Gasteiger partial charge in [-0.15, -0.1) is 0 Å². The van der Waals surface area contributed by atoms with E-state index in [4.69, 9.17) is 4.74 Å². The van der Waals surface area contributed by atoms with Gasteiger partial charge in [0.05, 0.1) is 18.7 Å². The molecular formula is C17H22N4O2S. The zero-order valence-electron chi connectivity index (χ0n) is 13.6. The van der Waals surface area contributed by atoms with Crippen molar-refractivity contribution in [3.63, 3.8) is 0 Å². The number of aromatic amines is 1. The summed E-state index contributed by atoms with van der Waals surface area (Å²) in [5.74, 6) is 2.12. The molecule has 0 spiro atoms. The van der Waals surface area contributed by atoms with E-state index in [2.05, 4.69) is 20.4 Å². The molecule has 7 heteroatoms. The summed E-state index contributed by atoms with van der Waals surface area (Å²) in [6.07, 6.45) is 1.11. The third-order valence-corrected chi connectivity index (χ3v) is 6.26. The van der Waals surface area contributed by atoms with Gasteiger partial charge in [-0.2, -0.15) is 16.9 Å². The lowest BCUT2D eigenvalue weighted by molar-refractivity contribution is -0.0129. The van der Waals surface area contributed by atoms with Crippen LogP contribution in [-0.4, -0.2) is 70.9 Å². The fourth-order valence-electron chi connectivity index (χ4n) is 3.60. The van der Waals surface area contributed by atoms with E-state index in [1.54, 1.807) is 0 Å². The second-order valence-electron chi connectivity index (χ2n) is 6.43. The minimum absolute atomic E-state index is 0.0518. The van der Waals surface area contributed by atoms with Crippen LogP contribution >= 0.6 is 11.8 Å². The molecule has 0 bridgehead atoms. The van der Waals surface area contributed by atoms with Gasteiger partial charge in [0.15, 0.2) is 5.69 Å². The van der Waals surface area contributed by atoms with E-state index >= 15 is 0 Å². The highest BCUT2D eigenvalue weighted by molar-refractivity contribution is 7.99. The number of morpholine rings is 1. The monoisotopic (exact) mass is 346 g/mol. The van der Waals surface area contributed by atoms with Gasteiger partial charge in [-0.05, 0) is 18.2 Å². The average Bonchev–Trinajstić information content (AvgIpc) is 3.28. The second kappa shape index (κ2) is 6.74. The standard InChI is InChI=1S/C17H22N4O2S/c22-16(15-13-3-1-2-4-14(13)19-20-15)18-11-17(5-10-24-12-17)21-6-8-23-9-7-21/h1-4H,5-12H2,(H,18,22)(H,19,20)/t17-/m1/s1.